The maximum absolute atomic E-state index is 12.1. The Morgan fingerprint density at radius 3 is 1.45 bits per heavy atom. The van der Waals surface area contributed by atoms with E-state index in [4.69, 9.17) is 11.5 Å². The zero-order valence-corrected chi connectivity index (χ0v) is 30.7. The number of rotatable bonds is 4. The lowest BCUT2D eigenvalue weighted by atomic mass is 10.0. The van der Waals surface area contributed by atoms with Crippen LogP contribution in [-0.2, 0) is 22.4 Å². The first-order valence-corrected chi connectivity index (χ1v) is 18.0. The van der Waals surface area contributed by atoms with Gasteiger partial charge in [-0.2, -0.15) is 10.2 Å². The van der Waals surface area contributed by atoms with Gasteiger partial charge in [-0.05, 0) is 62.1 Å². The van der Waals surface area contributed by atoms with Crippen molar-refractivity contribution in [1.29, 1.82) is 0 Å². The SMILES string of the molecule is CN1CC[C@@](O)(C#Cc2cccc(-n3nc(C(N)=O)c4c3[C@@H](O)CC4)c2)C1=O.CN1CC[C@@](O)(C#Cc2cccc(-n3nc(C(N)=O)c4c3[C@H](O)CC4)c2)C1=O. The molecule has 4 atom stereocenters. The van der Waals surface area contributed by atoms with Crippen molar-refractivity contribution in [3.63, 3.8) is 0 Å². The fraction of sp³-hybridized carbons (Fsp3) is 0.350. The van der Waals surface area contributed by atoms with E-state index in [9.17, 15) is 39.6 Å². The second-order valence-corrected chi connectivity index (χ2v) is 14.4. The molecule has 288 valence electrons. The summed E-state index contributed by atoms with van der Waals surface area (Å²) in [6, 6.07) is 14.0. The summed E-state index contributed by atoms with van der Waals surface area (Å²) < 4.78 is 3.03. The van der Waals surface area contributed by atoms with Crippen molar-refractivity contribution in [2.45, 2.75) is 61.9 Å². The van der Waals surface area contributed by atoms with E-state index in [1.165, 1.54) is 19.2 Å². The number of nitrogens with two attached hydrogens (primary N) is 2. The van der Waals surface area contributed by atoms with Gasteiger partial charge in [0.2, 0.25) is 11.2 Å². The number of carbonyl (C=O) groups excluding carboxylic acids is 4. The number of primary amides is 2. The van der Waals surface area contributed by atoms with Crippen LogP contribution in [0, 0.1) is 23.7 Å². The number of likely N-dealkylation sites (N-methyl/N-ethyl adjacent to an activating group) is 2. The summed E-state index contributed by atoms with van der Waals surface area (Å²) in [6.45, 7) is 0.911. The summed E-state index contributed by atoms with van der Waals surface area (Å²) >= 11 is 0. The molecule has 2 aliphatic carbocycles. The average Bonchev–Trinajstić information content (AvgIpc) is 4.03. The monoisotopic (exact) mass is 760 g/mol. The summed E-state index contributed by atoms with van der Waals surface area (Å²) in [6.07, 6.45) is 1.17. The van der Waals surface area contributed by atoms with Gasteiger partial charge in [-0.25, -0.2) is 9.36 Å². The predicted molar refractivity (Wildman–Crippen MR) is 199 cm³/mol. The first-order chi connectivity index (χ1) is 26.6. The highest BCUT2D eigenvalue weighted by Gasteiger charge is 2.43. The zero-order valence-electron chi connectivity index (χ0n) is 30.7. The number of nitrogens with zero attached hydrogens (tertiary/aromatic N) is 6. The van der Waals surface area contributed by atoms with Gasteiger partial charge in [-0.15, -0.1) is 0 Å². The van der Waals surface area contributed by atoms with E-state index in [2.05, 4.69) is 33.9 Å². The Bertz CT molecular complexity index is 2260. The average molecular weight is 761 g/mol. The first kappa shape index (κ1) is 38.0. The number of amides is 4. The molecular formula is C40H40N8O8. The Morgan fingerprint density at radius 2 is 1.11 bits per heavy atom. The zero-order chi connectivity index (χ0) is 40.1. The standard InChI is InChI=1S/2C20H20N4O4/c2*1-23-10-9-20(28,19(23)27)8-7-12-3-2-4-13(11-12)24-17-14(5-6-15(17)25)16(22-24)18(21)26/h2*2-4,11,15,25,28H,5-6,9-10H2,1H3,(H2,21,26)/t15-,20+;15-,20-/m10/s1. The number of hydrogen-bond acceptors (Lipinski definition) is 10. The van der Waals surface area contributed by atoms with Crippen LogP contribution in [0.4, 0.5) is 0 Å². The van der Waals surface area contributed by atoms with E-state index in [1.54, 1.807) is 62.6 Å². The molecule has 8 rings (SSSR count). The fourth-order valence-electron chi connectivity index (χ4n) is 7.45. The van der Waals surface area contributed by atoms with Crippen molar-refractivity contribution in [3.05, 3.63) is 93.6 Å². The molecule has 2 aliphatic heterocycles. The maximum Gasteiger partial charge on any atom is 0.269 e. The molecule has 0 saturated carbocycles. The van der Waals surface area contributed by atoms with Crippen molar-refractivity contribution in [2.75, 3.05) is 27.2 Å². The third-order valence-electron chi connectivity index (χ3n) is 10.5. The van der Waals surface area contributed by atoms with E-state index in [0.717, 1.165) is 0 Å². The Balaban J connectivity index is 0.000000172. The predicted octanol–water partition coefficient (Wildman–Crippen LogP) is -0.209. The third kappa shape index (κ3) is 6.80. The molecule has 56 heavy (non-hydrogen) atoms. The van der Waals surface area contributed by atoms with Crippen LogP contribution in [0.15, 0.2) is 48.5 Å². The van der Waals surface area contributed by atoms with E-state index >= 15 is 0 Å². The van der Waals surface area contributed by atoms with Crippen LogP contribution in [-0.4, -0.2) is 112 Å². The summed E-state index contributed by atoms with van der Waals surface area (Å²) in [5.74, 6) is 8.98. The lowest BCUT2D eigenvalue weighted by Gasteiger charge is -2.13. The van der Waals surface area contributed by atoms with Crippen LogP contribution in [0.25, 0.3) is 11.4 Å². The van der Waals surface area contributed by atoms with Gasteiger partial charge in [0.25, 0.3) is 23.6 Å². The second kappa shape index (κ2) is 14.4. The summed E-state index contributed by atoms with van der Waals surface area (Å²) in [7, 11) is 3.26. The molecule has 4 heterocycles. The summed E-state index contributed by atoms with van der Waals surface area (Å²) in [5, 5.41) is 50.1. The van der Waals surface area contributed by atoms with Gasteiger partial charge in [0, 0.05) is 62.3 Å². The van der Waals surface area contributed by atoms with Gasteiger partial charge in [0.05, 0.1) is 35.0 Å². The van der Waals surface area contributed by atoms with Gasteiger partial charge < -0.3 is 41.7 Å². The largest absolute Gasteiger partial charge is 0.387 e. The van der Waals surface area contributed by atoms with E-state index in [0.29, 0.717) is 83.8 Å². The highest BCUT2D eigenvalue weighted by Crippen LogP contribution is 2.36. The van der Waals surface area contributed by atoms with Crippen LogP contribution in [0.2, 0.25) is 0 Å². The maximum atomic E-state index is 12.1. The van der Waals surface area contributed by atoms with Crippen molar-refractivity contribution in [2.24, 2.45) is 11.5 Å². The Hall–Kier alpha value is -6.30. The number of aliphatic hydroxyl groups is 4. The van der Waals surface area contributed by atoms with E-state index < -0.39 is 47.0 Å². The Kier molecular flexibility index (Phi) is 9.77. The van der Waals surface area contributed by atoms with Gasteiger partial charge in [0.1, 0.15) is 0 Å². The lowest BCUT2D eigenvalue weighted by molar-refractivity contribution is -0.138. The molecule has 0 spiro atoms. The molecule has 0 bridgehead atoms. The smallest absolute Gasteiger partial charge is 0.269 e. The number of hydrogen-bond donors (Lipinski definition) is 6. The van der Waals surface area contributed by atoms with Crippen molar-refractivity contribution >= 4 is 23.6 Å². The molecule has 2 aromatic carbocycles. The van der Waals surface area contributed by atoms with Crippen LogP contribution in [0.3, 0.4) is 0 Å². The minimum atomic E-state index is -1.67. The first-order valence-electron chi connectivity index (χ1n) is 18.0. The minimum Gasteiger partial charge on any atom is -0.387 e. The highest BCUT2D eigenvalue weighted by molar-refractivity contribution is 5.94. The van der Waals surface area contributed by atoms with Gasteiger partial charge in [0.15, 0.2) is 11.4 Å². The molecule has 16 nitrogen and oxygen atoms in total. The van der Waals surface area contributed by atoms with Crippen LogP contribution in [0.5, 0.6) is 0 Å². The number of aliphatic hydroxyl groups excluding tert-OH is 2. The normalized spacial score (nSPS) is 23.5. The number of benzene rings is 2. The second-order valence-electron chi connectivity index (χ2n) is 14.4. The quantitative estimate of drug-likeness (QED) is 0.150. The molecule has 2 aromatic heterocycles. The van der Waals surface area contributed by atoms with Crippen molar-refractivity contribution < 1.29 is 39.6 Å². The fourth-order valence-corrected chi connectivity index (χ4v) is 7.45. The molecule has 2 saturated heterocycles. The Labute approximate surface area is 321 Å². The van der Waals surface area contributed by atoms with Crippen LogP contribution >= 0.6 is 0 Å². The molecule has 0 radical (unpaired) electrons. The number of aromatic nitrogens is 4. The molecule has 8 N–H and O–H groups in total. The van der Waals surface area contributed by atoms with E-state index in [1.807, 2.05) is 0 Å². The summed E-state index contributed by atoms with van der Waals surface area (Å²) in [4.78, 5) is 50.4. The van der Waals surface area contributed by atoms with Gasteiger partial charge in [-0.3, -0.25) is 19.2 Å². The van der Waals surface area contributed by atoms with Crippen LogP contribution < -0.4 is 11.5 Å². The van der Waals surface area contributed by atoms with Gasteiger partial charge >= 0.3 is 0 Å². The summed E-state index contributed by atoms with van der Waals surface area (Å²) in [5.41, 5.74) is 12.7. The molecule has 4 aliphatic rings. The molecule has 0 unspecified atom stereocenters. The lowest BCUT2D eigenvalue weighted by Crippen LogP contribution is -2.37. The number of likely N-dealkylation sites (tertiary alicyclic amines) is 2. The molecule has 2 fully saturated rings. The molecule has 4 amide bonds. The molecule has 4 aromatic rings. The topological polar surface area (TPSA) is 243 Å². The van der Waals surface area contributed by atoms with Crippen molar-refractivity contribution in [3.8, 4) is 35.1 Å². The van der Waals surface area contributed by atoms with Gasteiger partial charge in [-0.1, -0.05) is 35.8 Å². The minimum absolute atomic E-state index is 0.164. The number of carbonyl (C=O) groups is 4. The van der Waals surface area contributed by atoms with E-state index in [-0.39, 0.29) is 24.2 Å². The highest BCUT2D eigenvalue weighted by atomic mass is 16.3. The van der Waals surface area contributed by atoms with Crippen molar-refractivity contribution in [1.82, 2.24) is 29.4 Å². The number of fused-ring (bicyclic) bond motifs is 2. The molecular weight excluding hydrogens is 720 g/mol. The molecule has 16 heteroatoms. The third-order valence-corrected chi connectivity index (χ3v) is 10.5. The van der Waals surface area contributed by atoms with Crippen LogP contribution in [0.1, 0.15) is 92.5 Å². The Morgan fingerprint density at radius 1 is 0.714 bits per heavy atom.